The van der Waals surface area contributed by atoms with Crippen LogP contribution in [0.1, 0.15) is 12.5 Å². The summed E-state index contributed by atoms with van der Waals surface area (Å²) >= 11 is 10.4. The molecule has 0 spiro atoms. The molecule has 0 radical (unpaired) electrons. The van der Waals surface area contributed by atoms with E-state index in [1.54, 1.807) is 73.7 Å². The number of allylic oxidation sites excluding steroid dienone is 4. The number of anilines is 1. The van der Waals surface area contributed by atoms with Crippen molar-refractivity contribution in [2.24, 2.45) is 0 Å². The summed E-state index contributed by atoms with van der Waals surface area (Å²) in [6.45, 7) is 1.72. The summed E-state index contributed by atoms with van der Waals surface area (Å²) in [5.74, 6) is -1.47. The topological polar surface area (TPSA) is 107 Å². The van der Waals surface area contributed by atoms with Gasteiger partial charge in [0.1, 0.15) is 11.1 Å². The van der Waals surface area contributed by atoms with E-state index < -0.39 is 17.4 Å². The minimum atomic E-state index is -0.607. The first-order chi connectivity index (χ1) is 17.3. The van der Waals surface area contributed by atoms with Gasteiger partial charge < -0.3 is 5.11 Å². The number of nitrogens with one attached hydrogen (secondary N) is 2. The van der Waals surface area contributed by atoms with E-state index in [0.29, 0.717) is 16.9 Å². The number of thiocarbonyl (C=S) groups is 1. The number of hydrogen-bond donors (Lipinski definition) is 3. The number of aromatic amines is 1. The van der Waals surface area contributed by atoms with Gasteiger partial charge in [-0.05, 0) is 67.8 Å². The third-order valence-corrected chi connectivity index (χ3v) is 5.85. The van der Waals surface area contributed by atoms with Crippen LogP contribution in [0.25, 0.3) is 11.8 Å². The summed E-state index contributed by atoms with van der Waals surface area (Å²) in [7, 11) is 0. The van der Waals surface area contributed by atoms with E-state index in [-0.39, 0.29) is 26.9 Å². The molecule has 1 aliphatic rings. The van der Waals surface area contributed by atoms with Crippen LogP contribution in [0.3, 0.4) is 0 Å². The Morgan fingerprint density at radius 3 is 2.19 bits per heavy atom. The van der Waals surface area contributed by atoms with E-state index in [1.165, 1.54) is 21.6 Å². The molecule has 2 heterocycles. The zero-order chi connectivity index (χ0) is 25.8. The first kappa shape index (κ1) is 24.7. The lowest BCUT2D eigenvalue weighted by molar-refractivity contribution is -0.122. The van der Waals surface area contributed by atoms with Crippen molar-refractivity contribution in [1.82, 2.24) is 14.9 Å². The highest BCUT2D eigenvalue weighted by Gasteiger charge is 2.33. The van der Waals surface area contributed by atoms with E-state index in [1.807, 2.05) is 6.07 Å². The predicted octanol–water partition coefficient (Wildman–Crippen LogP) is 3.93. The molecule has 3 N–H and O–H groups in total. The number of para-hydroxylation sites is 2. The fraction of sp³-hybridized carbons (Fsp3) is 0.0385. The van der Waals surface area contributed by atoms with Gasteiger partial charge in [-0.25, -0.2) is 0 Å². The van der Waals surface area contributed by atoms with Gasteiger partial charge >= 0.3 is 0 Å². The van der Waals surface area contributed by atoms with Gasteiger partial charge in [0.25, 0.3) is 17.4 Å². The lowest BCUT2D eigenvalue weighted by Gasteiger charge is -2.28. The molecule has 0 unspecified atom stereocenters. The van der Waals surface area contributed by atoms with E-state index in [0.717, 1.165) is 0 Å². The number of H-pyrrole nitrogens is 1. The van der Waals surface area contributed by atoms with Gasteiger partial charge in [-0.15, -0.1) is 0 Å². The Balaban J connectivity index is 1.64. The Hall–Kier alpha value is -4.41. The lowest BCUT2D eigenvalue weighted by atomic mass is 10.1. The minimum Gasteiger partial charge on any atom is -0.494 e. The van der Waals surface area contributed by atoms with Gasteiger partial charge in [-0.2, -0.15) is 0 Å². The van der Waals surface area contributed by atoms with Crippen molar-refractivity contribution < 1.29 is 14.7 Å². The van der Waals surface area contributed by atoms with Crippen LogP contribution in [0.5, 0.6) is 5.88 Å². The van der Waals surface area contributed by atoms with Gasteiger partial charge in [0.2, 0.25) is 5.88 Å². The lowest BCUT2D eigenvalue weighted by Crippen LogP contribution is -2.54. The third-order valence-electron chi connectivity index (χ3n) is 5.28. The van der Waals surface area contributed by atoms with Crippen LogP contribution in [-0.2, 0) is 9.59 Å². The predicted molar refractivity (Wildman–Crippen MR) is 144 cm³/mol. The second kappa shape index (κ2) is 10.5. The summed E-state index contributed by atoms with van der Waals surface area (Å²) in [5.41, 5.74) is 1.07. The largest absolute Gasteiger partial charge is 0.494 e. The van der Waals surface area contributed by atoms with Crippen LogP contribution < -0.4 is 15.8 Å². The number of rotatable bonds is 5. The molecular weight excluding hydrogens is 496 g/mol. The van der Waals surface area contributed by atoms with Crippen LogP contribution in [0.4, 0.5) is 5.69 Å². The molecule has 0 bridgehead atoms. The van der Waals surface area contributed by atoms with Gasteiger partial charge in [-0.1, -0.05) is 54.1 Å². The summed E-state index contributed by atoms with van der Waals surface area (Å²) < 4.78 is 1.41. The molecule has 36 heavy (non-hydrogen) atoms. The van der Waals surface area contributed by atoms with Crippen molar-refractivity contribution in [3.8, 4) is 11.6 Å². The fourth-order valence-corrected chi connectivity index (χ4v) is 4.04. The second-order valence-electron chi connectivity index (χ2n) is 7.73. The molecule has 0 aliphatic carbocycles. The van der Waals surface area contributed by atoms with Crippen molar-refractivity contribution in [3.05, 3.63) is 111 Å². The Bertz CT molecular complexity index is 1570. The summed E-state index contributed by atoms with van der Waals surface area (Å²) in [6.07, 6.45) is 5.94. The summed E-state index contributed by atoms with van der Waals surface area (Å²) in [6, 6.07) is 17.6. The maximum absolute atomic E-state index is 13.0. The van der Waals surface area contributed by atoms with Crippen LogP contribution >= 0.6 is 24.4 Å². The van der Waals surface area contributed by atoms with Gasteiger partial charge in [0, 0.05) is 0 Å². The number of aromatic hydroxyl groups is 1. The minimum absolute atomic E-state index is 0.0000524. The number of carbonyl (C=O) groups is 2. The number of benzene rings is 2. The quantitative estimate of drug-likeness (QED) is 0.205. The standard InChI is InChI=1S/C26H20N4O4S2/c1-16(12-14-19-21(31)27-25(35)29(23(19)33)17-8-4-2-5-9-17)13-15-20-22(32)28-26(36)30(24(20)34)18-10-6-3-7-11-18/h2-15,33H,1H3,(H,27,31,35)(H,28,32,36). The van der Waals surface area contributed by atoms with Gasteiger partial charge in [0.05, 0.1) is 11.4 Å². The van der Waals surface area contributed by atoms with E-state index in [9.17, 15) is 19.5 Å². The highest BCUT2D eigenvalue weighted by Crippen LogP contribution is 2.22. The summed E-state index contributed by atoms with van der Waals surface area (Å²) in [5, 5.41) is 13.3. The molecule has 0 atom stereocenters. The monoisotopic (exact) mass is 516 g/mol. The number of amides is 2. The van der Waals surface area contributed by atoms with Crippen LogP contribution in [0.2, 0.25) is 0 Å². The Morgan fingerprint density at radius 2 is 1.56 bits per heavy atom. The Kier molecular flexibility index (Phi) is 7.18. The first-order valence-corrected chi connectivity index (χ1v) is 11.5. The number of nitrogens with zero attached hydrogens (tertiary/aromatic N) is 2. The van der Waals surface area contributed by atoms with Crippen molar-refractivity contribution in [1.29, 1.82) is 0 Å². The van der Waals surface area contributed by atoms with Crippen LogP contribution in [0.15, 0.2) is 94.8 Å². The Morgan fingerprint density at radius 1 is 0.944 bits per heavy atom. The van der Waals surface area contributed by atoms with Crippen LogP contribution in [0, 0.1) is 4.77 Å². The average molecular weight is 517 g/mol. The number of aromatic nitrogens is 2. The molecule has 1 aromatic heterocycles. The van der Waals surface area contributed by atoms with Crippen molar-refractivity contribution >= 4 is 53.1 Å². The van der Waals surface area contributed by atoms with Crippen LogP contribution in [-0.4, -0.2) is 31.6 Å². The maximum atomic E-state index is 13.0. The third kappa shape index (κ3) is 4.99. The molecule has 0 saturated carbocycles. The zero-order valence-electron chi connectivity index (χ0n) is 19.0. The van der Waals surface area contributed by atoms with Gasteiger partial charge in [-0.3, -0.25) is 34.2 Å². The molecule has 2 amide bonds. The molecule has 4 rings (SSSR count). The Labute approximate surface area is 216 Å². The normalized spacial score (nSPS) is 15.6. The maximum Gasteiger partial charge on any atom is 0.270 e. The summed E-state index contributed by atoms with van der Waals surface area (Å²) in [4.78, 5) is 41.7. The highest BCUT2D eigenvalue weighted by atomic mass is 32.1. The molecule has 1 fully saturated rings. The molecule has 180 valence electrons. The molecular formula is C26H20N4O4S2. The van der Waals surface area contributed by atoms with E-state index in [2.05, 4.69) is 10.3 Å². The fourth-order valence-electron chi connectivity index (χ4n) is 3.48. The molecule has 10 heteroatoms. The van der Waals surface area contributed by atoms with Crippen molar-refractivity contribution in [2.75, 3.05) is 4.90 Å². The van der Waals surface area contributed by atoms with E-state index >= 15 is 0 Å². The zero-order valence-corrected chi connectivity index (χ0v) is 20.6. The number of hydrogen-bond acceptors (Lipinski definition) is 6. The molecule has 2 aromatic carbocycles. The smallest absolute Gasteiger partial charge is 0.270 e. The molecule has 1 aliphatic heterocycles. The molecule has 3 aromatic rings. The van der Waals surface area contributed by atoms with Crippen molar-refractivity contribution in [2.45, 2.75) is 6.92 Å². The van der Waals surface area contributed by atoms with Gasteiger partial charge in [0.15, 0.2) is 9.88 Å². The van der Waals surface area contributed by atoms with Crippen molar-refractivity contribution in [3.63, 3.8) is 0 Å². The highest BCUT2D eigenvalue weighted by molar-refractivity contribution is 7.80. The average Bonchev–Trinajstić information content (AvgIpc) is 2.84. The molecule has 8 nitrogen and oxygen atoms in total. The molecule has 1 saturated heterocycles. The first-order valence-electron chi connectivity index (χ1n) is 10.7. The van der Waals surface area contributed by atoms with E-state index in [4.69, 9.17) is 24.4 Å². The number of carbonyl (C=O) groups excluding carboxylic acids is 2. The SMILES string of the molecule is CC(C=Cc1c(O)n(-c2ccccc2)c(=S)[nH]c1=O)=CC=C1C(=O)NC(=S)N(c2ccccc2)C1=O. The second-order valence-corrected chi connectivity index (χ2v) is 8.50.